The summed E-state index contributed by atoms with van der Waals surface area (Å²) in [6.45, 7) is 0.388. The molecule has 2 rings (SSSR count). The lowest BCUT2D eigenvalue weighted by atomic mass is 10.2. The lowest BCUT2D eigenvalue weighted by Crippen LogP contribution is -2.23. The summed E-state index contributed by atoms with van der Waals surface area (Å²) < 4.78 is 31.1. The fraction of sp³-hybridized carbons (Fsp3) is 0.235. The van der Waals surface area contributed by atoms with E-state index in [4.69, 9.17) is 4.74 Å². The Morgan fingerprint density at radius 3 is 2.70 bits per heavy atom. The van der Waals surface area contributed by atoms with E-state index in [-0.39, 0.29) is 5.91 Å². The smallest absolute Gasteiger partial charge is 0.221 e. The number of ether oxygens (including phenoxy) is 1. The molecule has 0 unspecified atom stereocenters. The highest BCUT2D eigenvalue weighted by molar-refractivity contribution is 7.99. The number of para-hydroxylation sites is 1. The van der Waals surface area contributed by atoms with Gasteiger partial charge < -0.3 is 10.1 Å². The van der Waals surface area contributed by atoms with Crippen LogP contribution in [0.1, 0.15) is 12.0 Å². The SMILES string of the molecule is COc1ccccc1CNC(=O)CCSc1ccc(F)c(F)c1. The number of nitrogens with one attached hydrogen (secondary N) is 1. The average molecular weight is 337 g/mol. The zero-order chi connectivity index (χ0) is 16.7. The number of amides is 1. The first-order valence-electron chi connectivity index (χ1n) is 7.06. The van der Waals surface area contributed by atoms with Crippen molar-refractivity contribution in [3.63, 3.8) is 0 Å². The number of carbonyl (C=O) groups is 1. The van der Waals surface area contributed by atoms with Crippen molar-refractivity contribution in [2.45, 2.75) is 17.9 Å². The van der Waals surface area contributed by atoms with Gasteiger partial charge in [0.2, 0.25) is 5.91 Å². The van der Waals surface area contributed by atoms with Crippen LogP contribution in [-0.2, 0) is 11.3 Å². The molecule has 3 nitrogen and oxygen atoms in total. The molecule has 0 heterocycles. The third-order valence-corrected chi connectivity index (χ3v) is 4.15. The molecule has 0 aliphatic heterocycles. The van der Waals surface area contributed by atoms with Crippen molar-refractivity contribution in [1.82, 2.24) is 5.32 Å². The molecule has 0 aromatic heterocycles. The number of halogens is 2. The minimum atomic E-state index is -0.879. The van der Waals surface area contributed by atoms with Crippen LogP contribution in [0.2, 0.25) is 0 Å². The van der Waals surface area contributed by atoms with Crippen LogP contribution in [0, 0.1) is 11.6 Å². The molecule has 23 heavy (non-hydrogen) atoms. The van der Waals surface area contributed by atoms with E-state index in [0.717, 1.165) is 23.4 Å². The predicted molar refractivity (Wildman–Crippen MR) is 86.5 cm³/mol. The number of thioether (sulfide) groups is 1. The molecule has 0 bridgehead atoms. The molecular weight excluding hydrogens is 320 g/mol. The average Bonchev–Trinajstić information content (AvgIpc) is 2.56. The van der Waals surface area contributed by atoms with E-state index < -0.39 is 11.6 Å². The van der Waals surface area contributed by atoms with Crippen LogP contribution >= 0.6 is 11.8 Å². The molecule has 2 aromatic rings. The van der Waals surface area contributed by atoms with Gasteiger partial charge in [-0.3, -0.25) is 4.79 Å². The molecule has 2 aromatic carbocycles. The summed E-state index contributed by atoms with van der Waals surface area (Å²) >= 11 is 1.31. The van der Waals surface area contributed by atoms with Crippen LogP contribution in [0.4, 0.5) is 8.78 Å². The van der Waals surface area contributed by atoms with Gasteiger partial charge in [0.25, 0.3) is 0 Å². The standard InChI is InChI=1S/C17H17F2NO2S/c1-22-16-5-3-2-4-12(16)11-20-17(21)8-9-23-13-6-7-14(18)15(19)10-13/h2-7,10H,8-9,11H2,1H3,(H,20,21). The van der Waals surface area contributed by atoms with Gasteiger partial charge in [0.1, 0.15) is 5.75 Å². The van der Waals surface area contributed by atoms with Crippen LogP contribution in [-0.4, -0.2) is 18.8 Å². The summed E-state index contributed by atoms with van der Waals surface area (Å²) in [6.07, 6.45) is 0.290. The van der Waals surface area contributed by atoms with E-state index in [1.54, 1.807) is 7.11 Å². The van der Waals surface area contributed by atoms with Crippen molar-refractivity contribution in [1.29, 1.82) is 0 Å². The Kier molecular flexibility index (Phi) is 6.40. The molecule has 0 atom stereocenters. The van der Waals surface area contributed by atoms with Gasteiger partial charge in [0.05, 0.1) is 7.11 Å². The van der Waals surface area contributed by atoms with Crippen LogP contribution in [0.25, 0.3) is 0 Å². The van der Waals surface area contributed by atoms with Gasteiger partial charge in [0, 0.05) is 29.2 Å². The largest absolute Gasteiger partial charge is 0.496 e. The minimum absolute atomic E-state index is 0.106. The van der Waals surface area contributed by atoms with Crippen molar-refractivity contribution < 1.29 is 18.3 Å². The third-order valence-electron chi connectivity index (χ3n) is 3.16. The van der Waals surface area contributed by atoms with Gasteiger partial charge in [-0.05, 0) is 24.3 Å². The lowest BCUT2D eigenvalue weighted by Gasteiger charge is -2.09. The highest BCUT2D eigenvalue weighted by Crippen LogP contribution is 2.21. The Morgan fingerprint density at radius 1 is 1.17 bits per heavy atom. The molecule has 122 valence electrons. The molecule has 0 saturated carbocycles. The number of hydrogen-bond acceptors (Lipinski definition) is 3. The molecule has 0 spiro atoms. The van der Waals surface area contributed by atoms with Crippen molar-refractivity contribution in [3.8, 4) is 5.75 Å². The Bertz CT molecular complexity index is 679. The maximum Gasteiger partial charge on any atom is 0.221 e. The number of rotatable bonds is 7. The van der Waals surface area contributed by atoms with E-state index in [9.17, 15) is 13.6 Å². The molecule has 1 amide bonds. The molecule has 0 radical (unpaired) electrons. The first-order valence-corrected chi connectivity index (χ1v) is 8.05. The number of benzene rings is 2. The molecule has 6 heteroatoms. The van der Waals surface area contributed by atoms with Crippen LogP contribution < -0.4 is 10.1 Å². The maximum absolute atomic E-state index is 13.1. The van der Waals surface area contributed by atoms with E-state index >= 15 is 0 Å². The van der Waals surface area contributed by atoms with Crippen molar-refractivity contribution >= 4 is 17.7 Å². The van der Waals surface area contributed by atoms with Crippen molar-refractivity contribution in [3.05, 3.63) is 59.7 Å². The number of methoxy groups -OCH3 is 1. The Labute approximate surface area is 138 Å². The minimum Gasteiger partial charge on any atom is -0.496 e. The van der Waals surface area contributed by atoms with E-state index in [0.29, 0.717) is 23.6 Å². The van der Waals surface area contributed by atoms with Gasteiger partial charge in [-0.25, -0.2) is 8.78 Å². The van der Waals surface area contributed by atoms with Gasteiger partial charge in [-0.1, -0.05) is 18.2 Å². The monoisotopic (exact) mass is 337 g/mol. The molecule has 0 aliphatic carbocycles. The van der Waals surface area contributed by atoms with Gasteiger partial charge >= 0.3 is 0 Å². The summed E-state index contributed by atoms with van der Waals surface area (Å²) in [7, 11) is 1.58. The summed E-state index contributed by atoms with van der Waals surface area (Å²) in [4.78, 5) is 12.4. The predicted octanol–water partition coefficient (Wildman–Crippen LogP) is 3.77. The second kappa shape index (κ2) is 8.53. The maximum atomic E-state index is 13.1. The first-order chi connectivity index (χ1) is 11.1. The second-order valence-corrected chi connectivity index (χ2v) is 5.93. The zero-order valence-electron chi connectivity index (χ0n) is 12.6. The highest BCUT2D eigenvalue weighted by atomic mass is 32.2. The van der Waals surface area contributed by atoms with Crippen molar-refractivity contribution in [2.24, 2.45) is 0 Å². The van der Waals surface area contributed by atoms with Gasteiger partial charge in [-0.2, -0.15) is 0 Å². The Hall–Kier alpha value is -2.08. The van der Waals surface area contributed by atoms with Gasteiger partial charge in [-0.15, -0.1) is 11.8 Å². The second-order valence-electron chi connectivity index (χ2n) is 4.76. The topological polar surface area (TPSA) is 38.3 Å². The molecule has 0 fully saturated rings. The summed E-state index contributed by atoms with van der Waals surface area (Å²) in [6, 6.07) is 11.2. The number of carbonyl (C=O) groups excluding carboxylic acids is 1. The Balaban J connectivity index is 1.76. The molecule has 0 aliphatic rings. The summed E-state index contributed by atoms with van der Waals surface area (Å²) in [5.74, 6) is -0.641. The van der Waals surface area contributed by atoms with Crippen LogP contribution in [0.15, 0.2) is 47.4 Å². The normalized spacial score (nSPS) is 10.4. The number of hydrogen-bond donors (Lipinski definition) is 1. The summed E-state index contributed by atoms with van der Waals surface area (Å²) in [5.41, 5.74) is 0.900. The first kappa shape index (κ1) is 17.3. The molecular formula is C17H17F2NO2S. The van der Waals surface area contributed by atoms with Crippen LogP contribution in [0.3, 0.4) is 0 Å². The summed E-state index contributed by atoms with van der Waals surface area (Å²) in [5, 5.41) is 2.81. The quantitative estimate of drug-likeness (QED) is 0.782. The Morgan fingerprint density at radius 2 is 1.96 bits per heavy atom. The van der Waals surface area contributed by atoms with Crippen LogP contribution in [0.5, 0.6) is 5.75 Å². The van der Waals surface area contributed by atoms with E-state index in [2.05, 4.69) is 5.32 Å². The lowest BCUT2D eigenvalue weighted by molar-refractivity contribution is -0.120. The fourth-order valence-electron chi connectivity index (χ4n) is 1.96. The third kappa shape index (κ3) is 5.25. The fourth-order valence-corrected chi connectivity index (χ4v) is 2.83. The zero-order valence-corrected chi connectivity index (χ0v) is 13.5. The highest BCUT2D eigenvalue weighted by Gasteiger charge is 2.07. The molecule has 0 saturated heterocycles. The van der Waals surface area contributed by atoms with E-state index in [1.165, 1.54) is 17.8 Å². The van der Waals surface area contributed by atoms with Crippen molar-refractivity contribution in [2.75, 3.05) is 12.9 Å². The molecule has 1 N–H and O–H groups in total. The van der Waals surface area contributed by atoms with E-state index in [1.807, 2.05) is 24.3 Å². The van der Waals surface area contributed by atoms with Gasteiger partial charge in [0.15, 0.2) is 11.6 Å².